The van der Waals surface area contributed by atoms with Crippen molar-refractivity contribution in [1.82, 2.24) is 19.8 Å². The van der Waals surface area contributed by atoms with E-state index in [9.17, 15) is 5.11 Å². The third kappa shape index (κ3) is 2.49. The number of anilines is 1. The Balaban J connectivity index is 1.68. The number of nitrogens with zero attached hydrogens (tertiary/aromatic N) is 4. The Morgan fingerprint density at radius 3 is 3.09 bits per heavy atom. The van der Waals surface area contributed by atoms with Crippen LogP contribution < -0.4 is 5.32 Å². The summed E-state index contributed by atoms with van der Waals surface area (Å²) in [6.45, 7) is 2.32. The molecule has 3 heterocycles. The number of aliphatic hydroxyl groups excluding tert-OH is 1. The molecule has 23 heavy (non-hydrogen) atoms. The largest absolute Gasteiger partial charge is 0.396 e. The minimum atomic E-state index is -0.0833. The Morgan fingerprint density at radius 2 is 2.30 bits per heavy atom. The first-order valence-electron chi connectivity index (χ1n) is 7.82. The average Bonchev–Trinajstić information content (AvgIpc) is 3.28. The molecule has 0 saturated heterocycles. The van der Waals surface area contributed by atoms with Gasteiger partial charge in [-0.25, -0.2) is 0 Å². The van der Waals surface area contributed by atoms with Gasteiger partial charge < -0.3 is 10.4 Å². The normalized spacial score (nSPS) is 24.3. The fraction of sp³-hybridized carbons (Fsp3) is 0.438. The van der Waals surface area contributed by atoms with Gasteiger partial charge in [-0.1, -0.05) is 13.3 Å². The molecule has 1 aliphatic rings. The van der Waals surface area contributed by atoms with Gasteiger partial charge in [-0.05, 0) is 36.4 Å². The SMILES string of the molecule is CC1(CO)CCCC1Nc1ccc2nnc(-c3ccsc3)n2n1. The maximum atomic E-state index is 9.70. The van der Waals surface area contributed by atoms with Gasteiger partial charge in [0, 0.05) is 22.4 Å². The van der Waals surface area contributed by atoms with Gasteiger partial charge in [0.05, 0.1) is 6.61 Å². The molecule has 3 aromatic heterocycles. The number of fused-ring (bicyclic) bond motifs is 1. The highest BCUT2D eigenvalue weighted by Crippen LogP contribution is 2.39. The molecular weight excluding hydrogens is 310 g/mol. The first kappa shape index (κ1) is 14.6. The lowest BCUT2D eigenvalue weighted by Crippen LogP contribution is -2.36. The molecule has 0 spiro atoms. The van der Waals surface area contributed by atoms with E-state index >= 15 is 0 Å². The predicted octanol–water partition coefficient (Wildman–Crippen LogP) is 2.82. The van der Waals surface area contributed by atoms with E-state index in [2.05, 4.69) is 27.5 Å². The number of aromatic nitrogens is 4. The Kier molecular flexibility index (Phi) is 3.54. The third-order valence-corrected chi connectivity index (χ3v) is 5.49. The van der Waals surface area contributed by atoms with Crippen LogP contribution in [0.5, 0.6) is 0 Å². The van der Waals surface area contributed by atoms with Crippen molar-refractivity contribution in [3.8, 4) is 11.4 Å². The van der Waals surface area contributed by atoms with Crippen molar-refractivity contribution in [2.24, 2.45) is 5.41 Å². The molecule has 0 aliphatic heterocycles. The van der Waals surface area contributed by atoms with Crippen molar-refractivity contribution in [2.45, 2.75) is 32.2 Å². The van der Waals surface area contributed by atoms with Gasteiger partial charge in [0.25, 0.3) is 0 Å². The maximum Gasteiger partial charge on any atom is 0.186 e. The van der Waals surface area contributed by atoms with Crippen LogP contribution in [0, 0.1) is 5.41 Å². The van der Waals surface area contributed by atoms with Gasteiger partial charge in [0.1, 0.15) is 5.82 Å². The molecule has 2 unspecified atom stereocenters. The molecular formula is C16H19N5OS. The summed E-state index contributed by atoms with van der Waals surface area (Å²) in [5.74, 6) is 1.54. The van der Waals surface area contributed by atoms with Gasteiger partial charge in [-0.3, -0.25) is 0 Å². The van der Waals surface area contributed by atoms with E-state index < -0.39 is 0 Å². The maximum absolute atomic E-state index is 9.70. The molecule has 0 aromatic carbocycles. The fourth-order valence-electron chi connectivity index (χ4n) is 3.28. The first-order valence-corrected chi connectivity index (χ1v) is 8.76. The number of hydrogen-bond acceptors (Lipinski definition) is 6. The van der Waals surface area contributed by atoms with Crippen LogP contribution in [0.15, 0.2) is 29.0 Å². The van der Waals surface area contributed by atoms with Crippen molar-refractivity contribution in [3.05, 3.63) is 29.0 Å². The van der Waals surface area contributed by atoms with Crippen LogP contribution in [0.25, 0.3) is 17.0 Å². The quantitative estimate of drug-likeness (QED) is 0.770. The van der Waals surface area contributed by atoms with Crippen LogP contribution in [0.1, 0.15) is 26.2 Å². The minimum absolute atomic E-state index is 0.0833. The second kappa shape index (κ2) is 5.58. The van der Waals surface area contributed by atoms with E-state index in [0.717, 1.165) is 42.1 Å². The molecule has 2 N–H and O–H groups in total. The van der Waals surface area contributed by atoms with E-state index in [0.29, 0.717) is 0 Å². The Labute approximate surface area is 138 Å². The molecule has 0 amide bonds. The van der Waals surface area contributed by atoms with Gasteiger partial charge >= 0.3 is 0 Å². The lowest BCUT2D eigenvalue weighted by atomic mass is 9.86. The summed E-state index contributed by atoms with van der Waals surface area (Å²) in [4.78, 5) is 0. The first-order chi connectivity index (χ1) is 11.2. The summed E-state index contributed by atoms with van der Waals surface area (Å²) in [6.07, 6.45) is 3.22. The summed E-state index contributed by atoms with van der Waals surface area (Å²) < 4.78 is 1.77. The van der Waals surface area contributed by atoms with Gasteiger partial charge in [0.15, 0.2) is 11.5 Å². The van der Waals surface area contributed by atoms with Crippen molar-refractivity contribution < 1.29 is 5.11 Å². The summed E-state index contributed by atoms with van der Waals surface area (Å²) in [5.41, 5.74) is 1.67. The summed E-state index contributed by atoms with van der Waals surface area (Å²) in [5, 5.41) is 30.3. The molecule has 120 valence electrons. The molecule has 0 bridgehead atoms. The molecule has 3 aromatic rings. The summed E-state index contributed by atoms with van der Waals surface area (Å²) in [6, 6.07) is 6.10. The Bertz CT molecular complexity index is 815. The van der Waals surface area contributed by atoms with Crippen molar-refractivity contribution in [2.75, 3.05) is 11.9 Å². The zero-order valence-electron chi connectivity index (χ0n) is 12.9. The van der Waals surface area contributed by atoms with Gasteiger partial charge in [-0.2, -0.15) is 15.9 Å². The van der Waals surface area contributed by atoms with Crippen molar-refractivity contribution >= 4 is 22.8 Å². The predicted molar refractivity (Wildman–Crippen MR) is 90.5 cm³/mol. The zero-order chi connectivity index (χ0) is 15.9. The van der Waals surface area contributed by atoms with E-state index in [-0.39, 0.29) is 18.1 Å². The van der Waals surface area contributed by atoms with Crippen LogP contribution in [0.4, 0.5) is 5.82 Å². The fourth-order valence-corrected chi connectivity index (χ4v) is 3.92. The van der Waals surface area contributed by atoms with E-state index in [1.807, 2.05) is 29.0 Å². The van der Waals surface area contributed by atoms with Crippen LogP contribution in [0.3, 0.4) is 0 Å². The lowest BCUT2D eigenvalue weighted by molar-refractivity contribution is 0.139. The highest BCUT2D eigenvalue weighted by atomic mass is 32.1. The van der Waals surface area contributed by atoms with Crippen LogP contribution in [-0.2, 0) is 0 Å². The van der Waals surface area contributed by atoms with E-state index in [1.165, 1.54) is 0 Å². The molecule has 1 aliphatic carbocycles. The monoisotopic (exact) mass is 329 g/mol. The summed E-state index contributed by atoms with van der Waals surface area (Å²) in [7, 11) is 0. The van der Waals surface area contributed by atoms with Gasteiger partial charge in [0.2, 0.25) is 0 Å². The molecule has 0 radical (unpaired) electrons. The van der Waals surface area contributed by atoms with Crippen molar-refractivity contribution in [3.63, 3.8) is 0 Å². The topological polar surface area (TPSA) is 75.3 Å². The molecule has 1 saturated carbocycles. The average molecular weight is 329 g/mol. The molecule has 1 fully saturated rings. The second-order valence-corrected chi connectivity index (χ2v) is 7.21. The number of rotatable bonds is 4. The number of thiophene rings is 1. The second-order valence-electron chi connectivity index (χ2n) is 6.43. The Morgan fingerprint density at radius 1 is 1.39 bits per heavy atom. The molecule has 6 nitrogen and oxygen atoms in total. The van der Waals surface area contributed by atoms with Crippen molar-refractivity contribution in [1.29, 1.82) is 0 Å². The Hall–Kier alpha value is -1.99. The highest BCUT2D eigenvalue weighted by Gasteiger charge is 2.38. The summed E-state index contributed by atoms with van der Waals surface area (Å²) >= 11 is 1.63. The zero-order valence-corrected chi connectivity index (χ0v) is 13.8. The number of hydrogen-bond donors (Lipinski definition) is 2. The molecule has 7 heteroatoms. The molecule has 4 rings (SSSR count). The lowest BCUT2D eigenvalue weighted by Gasteiger charge is -2.30. The van der Waals surface area contributed by atoms with Crippen LogP contribution in [0.2, 0.25) is 0 Å². The van der Waals surface area contributed by atoms with E-state index in [4.69, 9.17) is 0 Å². The van der Waals surface area contributed by atoms with Crippen LogP contribution >= 0.6 is 11.3 Å². The third-order valence-electron chi connectivity index (χ3n) is 4.81. The number of nitrogens with one attached hydrogen (secondary N) is 1. The molecule has 2 atom stereocenters. The minimum Gasteiger partial charge on any atom is -0.396 e. The number of aliphatic hydroxyl groups is 1. The van der Waals surface area contributed by atoms with E-state index in [1.54, 1.807) is 15.9 Å². The highest BCUT2D eigenvalue weighted by molar-refractivity contribution is 7.08. The smallest absolute Gasteiger partial charge is 0.186 e. The van der Waals surface area contributed by atoms with Gasteiger partial charge in [-0.15, -0.1) is 15.3 Å². The van der Waals surface area contributed by atoms with Crippen LogP contribution in [-0.4, -0.2) is 37.6 Å². The standard InChI is InChI=1S/C16H19N5OS/c1-16(10-22)7-2-3-12(16)17-13-4-5-14-18-19-15(21(14)20-13)11-6-8-23-9-11/h4-6,8-9,12,22H,2-3,7,10H2,1H3,(H,17,20).